The van der Waals surface area contributed by atoms with Crippen LogP contribution in [-0.2, 0) is 9.59 Å². The number of carbonyl (C=O) groups is 2. The highest BCUT2D eigenvalue weighted by Gasteiger charge is 2.34. The number of nitrogens with one attached hydrogen (secondary N) is 1. The lowest BCUT2D eigenvalue weighted by atomic mass is 10.1. The van der Waals surface area contributed by atoms with Gasteiger partial charge in [0.1, 0.15) is 17.1 Å². The molecular weight excluding hydrogens is 385 g/mol. The lowest BCUT2D eigenvalue weighted by Crippen LogP contribution is -2.34. The summed E-state index contributed by atoms with van der Waals surface area (Å²) in [7, 11) is 0. The van der Waals surface area contributed by atoms with E-state index in [1.807, 2.05) is 30.3 Å². The van der Waals surface area contributed by atoms with Gasteiger partial charge in [0.05, 0.1) is 12.5 Å². The molecule has 0 saturated carbocycles. The van der Waals surface area contributed by atoms with Crippen molar-refractivity contribution in [3.63, 3.8) is 0 Å². The molecule has 1 N–H and O–H groups in total. The molecule has 1 aliphatic rings. The Balaban J connectivity index is 1.23. The Morgan fingerprint density at radius 3 is 2.80 bits per heavy atom. The zero-order valence-corrected chi connectivity index (χ0v) is 16.4. The quantitative estimate of drug-likeness (QED) is 0.610. The maximum absolute atomic E-state index is 13.1. The zero-order chi connectivity index (χ0) is 20.9. The summed E-state index contributed by atoms with van der Waals surface area (Å²) in [5, 5.41) is 3.89. The van der Waals surface area contributed by atoms with Gasteiger partial charge in [-0.15, -0.1) is 0 Å². The first-order chi connectivity index (χ1) is 14.6. The van der Waals surface area contributed by atoms with E-state index in [0.717, 1.165) is 16.7 Å². The number of rotatable bonds is 7. The molecule has 2 heterocycles. The molecule has 0 radical (unpaired) electrons. The van der Waals surface area contributed by atoms with Gasteiger partial charge >= 0.3 is 0 Å². The summed E-state index contributed by atoms with van der Waals surface area (Å²) in [5.74, 6) is -0.337. The molecule has 2 aromatic carbocycles. The minimum Gasteiger partial charge on any atom is -0.491 e. The third kappa shape index (κ3) is 4.40. The Hall–Kier alpha value is -3.48. The summed E-state index contributed by atoms with van der Waals surface area (Å²) in [6.07, 6.45) is 2.52. The van der Waals surface area contributed by atoms with E-state index in [9.17, 15) is 14.0 Å². The van der Waals surface area contributed by atoms with Crippen LogP contribution in [0.15, 0.2) is 60.8 Å². The van der Waals surface area contributed by atoms with Crippen LogP contribution in [-0.4, -0.2) is 36.5 Å². The molecule has 154 valence electrons. The molecule has 0 aliphatic carbocycles. The van der Waals surface area contributed by atoms with E-state index in [1.54, 1.807) is 18.3 Å². The summed E-state index contributed by atoms with van der Waals surface area (Å²) in [5.41, 5.74) is 1.42. The third-order valence-corrected chi connectivity index (χ3v) is 5.11. The Morgan fingerprint density at radius 2 is 1.97 bits per heavy atom. The topological polar surface area (TPSA) is 71.5 Å². The van der Waals surface area contributed by atoms with Crippen molar-refractivity contribution in [2.75, 3.05) is 24.6 Å². The highest BCUT2D eigenvalue weighted by molar-refractivity contribution is 6.00. The van der Waals surface area contributed by atoms with Gasteiger partial charge in [-0.05, 0) is 42.8 Å². The maximum atomic E-state index is 13.1. The molecule has 30 heavy (non-hydrogen) atoms. The maximum Gasteiger partial charge on any atom is 0.227 e. The number of ether oxygens (including phenoxy) is 1. The van der Waals surface area contributed by atoms with Crippen LogP contribution in [0.3, 0.4) is 0 Å². The Kier molecular flexibility index (Phi) is 5.88. The van der Waals surface area contributed by atoms with Gasteiger partial charge in [-0.1, -0.05) is 18.2 Å². The predicted molar refractivity (Wildman–Crippen MR) is 112 cm³/mol. The number of halogens is 1. The van der Waals surface area contributed by atoms with Crippen LogP contribution >= 0.6 is 0 Å². The van der Waals surface area contributed by atoms with E-state index in [1.165, 1.54) is 17.0 Å². The van der Waals surface area contributed by atoms with Gasteiger partial charge in [0.2, 0.25) is 11.8 Å². The van der Waals surface area contributed by atoms with E-state index in [4.69, 9.17) is 4.74 Å². The third-order valence-electron chi connectivity index (χ3n) is 5.11. The summed E-state index contributed by atoms with van der Waals surface area (Å²) < 4.78 is 18.9. The van der Waals surface area contributed by atoms with Gasteiger partial charge in [-0.3, -0.25) is 14.6 Å². The standard InChI is InChI=1S/C23H22FN3O3/c24-18-7-9-19(10-8-18)27-15-17(14-21(27)28)23(29)26-12-3-13-30-20-6-1-4-16-5-2-11-25-22(16)20/h1-2,4-11,17H,3,12-15H2,(H,26,29). The molecule has 7 heteroatoms. The summed E-state index contributed by atoms with van der Waals surface area (Å²) in [4.78, 5) is 30.6. The van der Waals surface area contributed by atoms with Crippen LogP contribution in [0.5, 0.6) is 5.75 Å². The number of anilines is 1. The Bertz CT molecular complexity index is 1050. The van der Waals surface area contributed by atoms with Crippen molar-refractivity contribution in [1.29, 1.82) is 0 Å². The molecule has 1 aliphatic heterocycles. The first-order valence-electron chi connectivity index (χ1n) is 9.92. The van der Waals surface area contributed by atoms with Crippen molar-refractivity contribution in [3.05, 3.63) is 66.6 Å². The molecule has 0 bridgehead atoms. The van der Waals surface area contributed by atoms with E-state index < -0.39 is 5.92 Å². The summed E-state index contributed by atoms with van der Waals surface area (Å²) in [6.45, 7) is 1.20. The van der Waals surface area contributed by atoms with Crippen LogP contribution in [0.1, 0.15) is 12.8 Å². The average molecular weight is 407 g/mol. The summed E-state index contributed by atoms with van der Waals surface area (Å²) >= 11 is 0. The van der Waals surface area contributed by atoms with Crippen LogP contribution < -0.4 is 15.0 Å². The normalized spacial score (nSPS) is 16.1. The Labute approximate surface area is 173 Å². The number of hydrogen-bond donors (Lipinski definition) is 1. The SMILES string of the molecule is O=C(NCCCOc1cccc2cccnc12)C1CC(=O)N(c2ccc(F)cc2)C1. The second-order valence-electron chi connectivity index (χ2n) is 7.21. The number of amides is 2. The molecule has 2 amide bonds. The first-order valence-corrected chi connectivity index (χ1v) is 9.92. The molecular formula is C23H22FN3O3. The van der Waals surface area contributed by atoms with Gasteiger partial charge in [-0.2, -0.15) is 0 Å². The van der Waals surface area contributed by atoms with Crippen LogP contribution in [0, 0.1) is 11.7 Å². The number of nitrogens with zero attached hydrogens (tertiary/aromatic N) is 2. The van der Waals surface area contributed by atoms with Crippen molar-refractivity contribution in [2.24, 2.45) is 5.92 Å². The van der Waals surface area contributed by atoms with E-state index in [2.05, 4.69) is 10.3 Å². The van der Waals surface area contributed by atoms with E-state index in [0.29, 0.717) is 31.8 Å². The summed E-state index contributed by atoms with van der Waals surface area (Å²) in [6, 6.07) is 15.4. The zero-order valence-electron chi connectivity index (χ0n) is 16.4. The fourth-order valence-corrected chi connectivity index (χ4v) is 3.56. The van der Waals surface area contributed by atoms with Crippen LogP contribution in [0.25, 0.3) is 10.9 Å². The highest BCUT2D eigenvalue weighted by Crippen LogP contribution is 2.25. The second-order valence-corrected chi connectivity index (χ2v) is 7.21. The van der Waals surface area contributed by atoms with Crippen molar-refractivity contribution in [3.8, 4) is 5.75 Å². The number of fused-ring (bicyclic) bond motifs is 1. The molecule has 1 saturated heterocycles. The average Bonchev–Trinajstić information content (AvgIpc) is 3.16. The molecule has 1 unspecified atom stereocenters. The monoisotopic (exact) mass is 407 g/mol. The van der Waals surface area contributed by atoms with E-state index >= 15 is 0 Å². The fraction of sp³-hybridized carbons (Fsp3) is 0.261. The number of benzene rings is 2. The molecule has 3 aromatic rings. The predicted octanol–water partition coefficient (Wildman–Crippen LogP) is 3.31. The minimum atomic E-state index is -0.411. The molecule has 0 spiro atoms. The molecule has 4 rings (SSSR count). The van der Waals surface area contributed by atoms with E-state index in [-0.39, 0.29) is 24.1 Å². The highest BCUT2D eigenvalue weighted by atomic mass is 19.1. The number of hydrogen-bond acceptors (Lipinski definition) is 4. The van der Waals surface area contributed by atoms with Gasteiger partial charge in [0.25, 0.3) is 0 Å². The lowest BCUT2D eigenvalue weighted by molar-refractivity contribution is -0.126. The second kappa shape index (κ2) is 8.90. The molecule has 1 atom stereocenters. The largest absolute Gasteiger partial charge is 0.491 e. The molecule has 1 fully saturated rings. The van der Waals surface area contributed by atoms with Crippen molar-refractivity contribution >= 4 is 28.4 Å². The minimum absolute atomic E-state index is 0.131. The number of carbonyl (C=O) groups excluding carboxylic acids is 2. The number of para-hydroxylation sites is 1. The fourth-order valence-electron chi connectivity index (χ4n) is 3.56. The van der Waals surface area contributed by atoms with Gasteiger partial charge in [-0.25, -0.2) is 4.39 Å². The Morgan fingerprint density at radius 1 is 1.17 bits per heavy atom. The number of pyridine rings is 1. The lowest BCUT2D eigenvalue weighted by Gasteiger charge is -2.16. The van der Waals surface area contributed by atoms with Gasteiger partial charge in [0.15, 0.2) is 0 Å². The van der Waals surface area contributed by atoms with Crippen molar-refractivity contribution in [2.45, 2.75) is 12.8 Å². The van der Waals surface area contributed by atoms with Crippen molar-refractivity contribution < 1.29 is 18.7 Å². The first kappa shape index (κ1) is 19.8. The van der Waals surface area contributed by atoms with Crippen LogP contribution in [0.4, 0.5) is 10.1 Å². The molecule has 6 nitrogen and oxygen atoms in total. The number of aromatic nitrogens is 1. The van der Waals surface area contributed by atoms with Crippen molar-refractivity contribution in [1.82, 2.24) is 10.3 Å². The van der Waals surface area contributed by atoms with Gasteiger partial charge in [0, 0.05) is 36.8 Å². The molecule has 1 aromatic heterocycles. The van der Waals surface area contributed by atoms with Gasteiger partial charge < -0.3 is 15.0 Å². The van der Waals surface area contributed by atoms with Crippen LogP contribution in [0.2, 0.25) is 0 Å². The smallest absolute Gasteiger partial charge is 0.227 e.